The Morgan fingerprint density at radius 3 is 1.33 bits per heavy atom. The van der Waals surface area contributed by atoms with Crippen LogP contribution in [0, 0.1) is 0 Å². The Morgan fingerprint density at radius 1 is 0.667 bits per heavy atom. The first-order valence-corrected chi connectivity index (χ1v) is 12.1. The normalized spacial score (nSPS) is 12.8. The molecule has 0 bridgehead atoms. The molecule has 0 aromatic heterocycles. The number of unbranched alkanes of at least 4 members (excludes halogenated alkanes) is 15. The minimum atomic E-state index is -0.368. The molecule has 0 fully saturated rings. The minimum Gasteiger partial charge on any atom is -1.00 e. The van der Waals surface area contributed by atoms with Crippen molar-refractivity contribution in [1.29, 1.82) is 0 Å². The van der Waals surface area contributed by atoms with Crippen molar-refractivity contribution < 1.29 is 22.0 Å². The van der Waals surface area contributed by atoms with E-state index in [1.807, 2.05) is 0 Å². The van der Waals surface area contributed by atoms with Crippen molar-refractivity contribution in [2.75, 3.05) is 33.1 Å². The van der Waals surface area contributed by atoms with Crippen LogP contribution < -0.4 is 12.4 Å². The molecule has 0 amide bonds. The van der Waals surface area contributed by atoms with Gasteiger partial charge in [0, 0.05) is 0 Å². The Labute approximate surface area is 182 Å². The fourth-order valence-electron chi connectivity index (χ4n) is 3.80. The molecule has 1 unspecified atom stereocenters. The average Bonchev–Trinajstić information content (AvgIpc) is 2.60. The highest BCUT2D eigenvalue weighted by atomic mass is 35.5. The Morgan fingerprint density at radius 2 is 1.00 bits per heavy atom. The molecule has 0 saturated heterocycles. The van der Waals surface area contributed by atoms with Crippen LogP contribution in [0.15, 0.2) is 0 Å². The summed E-state index contributed by atoms with van der Waals surface area (Å²) >= 11 is 5.70. The van der Waals surface area contributed by atoms with Crippen molar-refractivity contribution in [3.63, 3.8) is 0 Å². The monoisotopic (exact) mass is 425 g/mol. The van der Waals surface area contributed by atoms with Gasteiger partial charge in [-0.15, -0.1) is 11.6 Å². The molecule has 0 spiro atoms. The largest absolute Gasteiger partial charge is 1.00 e. The van der Waals surface area contributed by atoms with Crippen LogP contribution in [0.25, 0.3) is 0 Å². The Bertz CT molecular complexity index is 288. The van der Waals surface area contributed by atoms with Crippen LogP contribution in [0.5, 0.6) is 0 Å². The van der Waals surface area contributed by atoms with Crippen LogP contribution >= 0.6 is 11.6 Å². The van der Waals surface area contributed by atoms with Gasteiger partial charge in [-0.2, -0.15) is 0 Å². The summed E-state index contributed by atoms with van der Waals surface area (Å²) in [7, 11) is 4.39. The summed E-state index contributed by atoms with van der Waals surface area (Å²) in [6.07, 6.45) is 22.2. The molecule has 27 heavy (non-hydrogen) atoms. The number of alkyl halides is 1. The van der Waals surface area contributed by atoms with Crippen LogP contribution in [-0.4, -0.2) is 48.8 Å². The van der Waals surface area contributed by atoms with Gasteiger partial charge in [0.2, 0.25) is 0 Å². The number of likely N-dealkylation sites (N-methyl/N-ethyl adjacent to an activating group) is 1. The van der Waals surface area contributed by atoms with E-state index in [9.17, 15) is 5.11 Å². The lowest BCUT2D eigenvalue weighted by molar-refractivity contribution is -0.893. The van der Waals surface area contributed by atoms with Crippen molar-refractivity contribution in [3.05, 3.63) is 0 Å². The van der Waals surface area contributed by atoms with E-state index in [4.69, 9.17) is 11.6 Å². The molecular weight excluding hydrogens is 377 g/mol. The molecule has 0 radical (unpaired) electrons. The molecule has 1 atom stereocenters. The Balaban J connectivity index is 0. The predicted molar refractivity (Wildman–Crippen MR) is 118 cm³/mol. The van der Waals surface area contributed by atoms with Gasteiger partial charge in [0.15, 0.2) is 0 Å². The standard InChI is InChI=1S/C23H49ClNO.ClH/c1-4-5-6-7-8-9-10-11-12-13-14-15-16-17-18-19-20-25(2,3)22-23(26)21-24;/h23,26H,4-22H2,1-3H3;1H/q+1;/p-1. The van der Waals surface area contributed by atoms with Crippen LogP contribution in [0.4, 0.5) is 0 Å². The van der Waals surface area contributed by atoms with E-state index in [1.165, 1.54) is 103 Å². The van der Waals surface area contributed by atoms with Crippen molar-refractivity contribution >= 4 is 11.6 Å². The van der Waals surface area contributed by atoms with Crippen molar-refractivity contribution in [1.82, 2.24) is 0 Å². The van der Waals surface area contributed by atoms with Crippen LogP contribution in [0.2, 0.25) is 0 Å². The zero-order valence-electron chi connectivity index (χ0n) is 18.7. The van der Waals surface area contributed by atoms with Gasteiger partial charge in [-0.05, 0) is 12.8 Å². The van der Waals surface area contributed by atoms with Gasteiger partial charge in [-0.3, -0.25) is 0 Å². The lowest BCUT2D eigenvalue weighted by Crippen LogP contribution is -3.00. The zero-order chi connectivity index (χ0) is 19.5. The molecule has 166 valence electrons. The van der Waals surface area contributed by atoms with Gasteiger partial charge in [0.05, 0.1) is 26.5 Å². The number of nitrogens with zero attached hydrogens (tertiary/aromatic N) is 1. The van der Waals surface area contributed by atoms with Crippen molar-refractivity contribution in [2.24, 2.45) is 0 Å². The Hall–Kier alpha value is 0.500. The third-order valence-electron chi connectivity index (χ3n) is 5.50. The molecule has 0 saturated carbocycles. The van der Waals surface area contributed by atoms with Crippen LogP contribution in [0.1, 0.15) is 110 Å². The summed E-state index contributed by atoms with van der Waals surface area (Å²) in [5.74, 6) is 0.348. The number of hydrogen-bond acceptors (Lipinski definition) is 1. The molecular formula is C23H49Cl2NO. The van der Waals surface area contributed by atoms with Gasteiger partial charge in [0.1, 0.15) is 12.6 Å². The third-order valence-corrected chi connectivity index (χ3v) is 5.86. The summed E-state index contributed by atoms with van der Waals surface area (Å²) in [6, 6.07) is 0. The molecule has 4 heteroatoms. The van der Waals surface area contributed by atoms with E-state index in [0.29, 0.717) is 5.88 Å². The van der Waals surface area contributed by atoms with E-state index in [1.54, 1.807) is 0 Å². The van der Waals surface area contributed by atoms with E-state index in [0.717, 1.165) is 17.6 Å². The maximum absolute atomic E-state index is 9.68. The number of aliphatic hydroxyl groups excluding tert-OH is 1. The average molecular weight is 427 g/mol. The summed E-state index contributed by atoms with van der Waals surface area (Å²) in [5.41, 5.74) is 0. The van der Waals surface area contributed by atoms with E-state index >= 15 is 0 Å². The molecule has 0 aliphatic heterocycles. The van der Waals surface area contributed by atoms with Crippen molar-refractivity contribution in [3.8, 4) is 0 Å². The van der Waals surface area contributed by atoms with Gasteiger partial charge in [0.25, 0.3) is 0 Å². The highest BCUT2D eigenvalue weighted by molar-refractivity contribution is 6.18. The first kappa shape index (κ1) is 29.7. The van der Waals surface area contributed by atoms with Gasteiger partial charge < -0.3 is 22.0 Å². The fraction of sp³-hybridized carbons (Fsp3) is 1.00. The number of aliphatic hydroxyl groups is 1. The molecule has 0 aromatic rings. The number of quaternary nitrogens is 1. The quantitative estimate of drug-likeness (QED) is 0.178. The van der Waals surface area contributed by atoms with Gasteiger partial charge >= 0.3 is 0 Å². The third kappa shape index (κ3) is 22.7. The maximum atomic E-state index is 9.68. The number of halogens is 2. The lowest BCUT2D eigenvalue weighted by atomic mass is 10.0. The van der Waals surface area contributed by atoms with Gasteiger partial charge in [-0.1, -0.05) is 96.8 Å². The molecule has 2 nitrogen and oxygen atoms in total. The smallest absolute Gasteiger partial charge is 0.116 e. The molecule has 0 aromatic carbocycles. The first-order chi connectivity index (χ1) is 12.5. The summed E-state index contributed by atoms with van der Waals surface area (Å²) < 4.78 is 0.881. The van der Waals surface area contributed by atoms with E-state index < -0.39 is 0 Å². The molecule has 1 N–H and O–H groups in total. The van der Waals surface area contributed by atoms with Crippen molar-refractivity contribution in [2.45, 2.75) is 116 Å². The maximum Gasteiger partial charge on any atom is 0.116 e. The topological polar surface area (TPSA) is 20.2 Å². The SMILES string of the molecule is CCCCCCCCCCCCCCCCCC[N+](C)(C)CC(O)CCl.[Cl-]. The first-order valence-electron chi connectivity index (χ1n) is 11.6. The van der Waals surface area contributed by atoms with Gasteiger partial charge in [-0.25, -0.2) is 0 Å². The van der Waals surface area contributed by atoms with E-state index in [2.05, 4.69) is 21.0 Å². The molecule has 0 aliphatic rings. The highest BCUT2D eigenvalue weighted by Crippen LogP contribution is 2.14. The summed E-state index contributed by atoms with van der Waals surface area (Å²) in [5, 5.41) is 9.68. The predicted octanol–water partition coefficient (Wildman–Crippen LogP) is 3.93. The van der Waals surface area contributed by atoms with Crippen LogP contribution in [0.3, 0.4) is 0 Å². The van der Waals surface area contributed by atoms with E-state index in [-0.39, 0.29) is 18.5 Å². The second-order valence-electron chi connectivity index (χ2n) is 8.95. The summed E-state index contributed by atoms with van der Waals surface area (Å²) in [4.78, 5) is 0. The molecule has 0 aliphatic carbocycles. The molecule has 0 heterocycles. The molecule has 0 rings (SSSR count). The number of rotatable bonds is 20. The Kier molecular flexibility index (Phi) is 23.3. The van der Waals surface area contributed by atoms with Crippen LogP contribution in [-0.2, 0) is 0 Å². The lowest BCUT2D eigenvalue weighted by Gasteiger charge is -2.31. The number of hydrogen-bond donors (Lipinski definition) is 1. The minimum absolute atomic E-state index is 0. The fourth-order valence-corrected chi connectivity index (χ4v) is 3.90. The summed E-state index contributed by atoms with van der Waals surface area (Å²) in [6.45, 7) is 4.20. The second-order valence-corrected chi connectivity index (χ2v) is 9.26. The zero-order valence-corrected chi connectivity index (χ0v) is 20.2. The highest BCUT2D eigenvalue weighted by Gasteiger charge is 2.19. The second kappa shape index (κ2) is 21.2.